The van der Waals surface area contributed by atoms with E-state index in [4.69, 9.17) is 14.5 Å². The first-order chi connectivity index (χ1) is 24.9. The number of nitrogens with zero attached hydrogens (tertiary/aromatic N) is 5. The van der Waals surface area contributed by atoms with Gasteiger partial charge in [-0.2, -0.15) is 0 Å². The largest absolute Gasteiger partial charge is 0.484 e. The zero-order valence-electron chi connectivity index (χ0n) is 29.9. The predicted molar refractivity (Wildman–Crippen MR) is 207 cm³/mol. The highest BCUT2D eigenvalue weighted by Crippen LogP contribution is 2.64. The molecule has 1 aliphatic carbocycles. The molecular weight excluding hydrogens is 657 g/mol. The van der Waals surface area contributed by atoms with Crippen LogP contribution >= 0.6 is 12.1 Å². The van der Waals surface area contributed by atoms with E-state index in [1.165, 1.54) is 47.2 Å². The Kier molecular flexibility index (Phi) is 10.1. The van der Waals surface area contributed by atoms with Crippen molar-refractivity contribution in [2.45, 2.75) is 59.3 Å². The van der Waals surface area contributed by atoms with Gasteiger partial charge < -0.3 is 19.7 Å². The van der Waals surface area contributed by atoms with Gasteiger partial charge in [0.15, 0.2) is 0 Å². The molecule has 264 valence electrons. The summed E-state index contributed by atoms with van der Waals surface area (Å²) in [5.74, 6) is 3.23. The van der Waals surface area contributed by atoms with Crippen LogP contribution in [0, 0.1) is 5.41 Å². The Labute approximate surface area is 304 Å². The molecule has 0 saturated carbocycles. The smallest absolute Gasteiger partial charge is 0.221 e. The van der Waals surface area contributed by atoms with Crippen LogP contribution in [0.1, 0.15) is 67.5 Å². The fraction of sp³-hybridized carbons (Fsp3) is 0.325. The number of aryl methyl sites for hydroxylation is 1. The van der Waals surface area contributed by atoms with Crippen LogP contribution < -0.4 is 24.4 Å². The molecule has 0 fully saturated rings. The summed E-state index contributed by atoms with van der Waals surface area (Å²) in [5, 5.41) is 6.48. The maximum atomic E-state index is 6.45. The number of hydrogen-bond donors (Lipinski definition) is 3. The monoisotopic (exact) mass is 702 g/mol. The molecule has 2 atom stereocenters. The van der Waals surface area contributed by atoms with Crippen molar-refractivity contribution in [2.75, 3.05) is 25.5 Å². The van der Waals surface area contributed by atoms with Crippen LogP contribution in [0.5, 0.6) is 11.6 Å². The lowest BCUT2D eigenvalue weighted by atomic mass is 9.84. The third-order valence-corrected chi connectivity index (χ3v) is 10.2. The molecule has 0 bridgehead atoms. The van der Waals surface area contributed by atoms with Gasteiger partial charge in [0.1, 0.15) is 24.3 Å². The zero-order valence-corrected chi connectivity index (χ0v) is 30.8. The van der Waals surface area contributed by atoms with E-state index in [2.05, 4.69) is 106 Å². The number of benzene rings is 2. The lowest BCUT2D eigenvalue weighted by molar-refractivity contribution is 0.0943. The van der Waals surface area contributed by atoms with E-state index in [1.54, 1.807) is 13.2 Å². The van der Waals surface area contributed by atoms with Gasteiger partial charge in [-0.1, -0.05) is 61.9 Å². The van der Waals surface area contributed by atoms with Gasteiger partial charge in [-0.25, -0.2) is 14.1 Å². The highest BCUT2D eigenvalue weighted by atomic mass is 32.2. The molecule has 11 heteroatoms. The average molecular weight is 703 g/mol. The molecule has 0 saturated heterocycles. The van der Waals surface area contributed by atoms with Gasteiger partial charge in [-0.3, -0.25) is 14.8 Å². The van der Waals surface area contributed by atoms with E-state index in [9.17, 15) is 0 Å². The van der Waals surface area contributed by atoms with Crippen LogP contribution in [-0.4, -0.2) is 45.8 Å². The number of H-pyrrole nitrogens is 1. The Morgan fingerprint density at radius 2 is 1.88 bits per heavy atom. The number of aliphatic imine (C=N–C) groups is 1. The Hall–Kier alpha value is -5.16. The molecule has 4 heterocycles. The maximum absolute atomic E-state index is 6.45. The van der Waals surface area contributed by atoms with Gasteiger partial charge in [0, 0.05) is 44.5 Å². The first-order valence-corrected chi connectivity index (χ1v) is 18.4. The molecule has 0 spiro atoms. The Morgan fingerprint density at radius 1 is 1.08 bits per heavy atom. The molecule has 0 amide bonds. The summed E-state index contributed by atoms with van der Waals surface area (Å²) in [6.45, 7) is 8.49. The molecule has 7 rings (SSSR count). The topological polar surface area (TPSA) is 105 Å². The summed E-state index contributed by atoms with van der Waals surface area (Å²) < 4.78 is 17.8. The lowest BCUT2D eigenvalue weighted by Gasteiger charge is -2.37. The molecule has 1 aliphatic heterocycles. The average Bonchev–Trinajstić information content (AvgIpc) is 3.81. The van der Waals surface area contributed by atoms with Crippen molar-refractivity contribution in [1.82, 2.24) is 29.2 Å². The standard InChI is InChI=1S/C40H46N8O2S/c1-6-8-11-27-15-17-28(18-16-27)26-49-38-30(12-10-21-43-38)32-23-40(32,3)37-31-20-19-29(22-35(31)50-37)24-47(5)36-14-9-13-33(44-36)34-25-48(45-34)51-46-39(41-4)42-7-2/h9-10,12-23,25,37,45H,6-8,11,24,26H2,1-5H3,(H2,41,42,46). The minimum absolute atomic E-state index is 0.0312. The second-order valence-corrected chi connectivity index (χ2v) is 14.1. The molecule has 2 aliphatic rings. The lowest BCUT2D eigenvalue weighted by Crippen LogP contribution is -2.34. The van der Waals surface area contributed by atoms with Crippen LogP contribution in [0.15, 0.2) is 96.3 Å². The third-order valence-electron chi connectivity index (χ3n) is 9.48. The molecule has 3 aromatic heterocycles. The molecule has 51 heavy (non-hydrogen) atoms. The number of guanidine groups is 1. The summed E-state index contributed by atoms with van der Waals surface area (Å²) in [6.07, 6.45) is 9.59. The van der Waals surface area contributed by atoms with Gasteiger partial charge >= 0.3 is 0 Å². The normalized spacial score (nSPS) is 17.5. The van der Waals surface area contributed by atoms with Gasteiger partial charge in [0.25, 0.3) is 0 Å². The van der Waals surface area contributed by atoms with E-state index < -0.39 is 0 Å². The number of anilines is 1. The number of aromatic nitrogens is 4. The van der Waals surface area contributed by atoms with Crippen molar-refractivity contribution in [3.63, 3.8) is 0 Å². The number of aromatic amines is 1. The fourth-order valence-corrected chi connectivity index (χ4v) is 7.08. The zero-order chi connectivity index (χ0) is 35.4. The van der Waals surface area contributed by atoms with Gasteiger partial charge in [-0.15, -0.1) is 0 Å². The highest BCUT2D eigenvalue weighted by Gasteiger charge is 2.54. The number of pyridine rings is 2. The molecule has 5 aromatic rings. The minimum atomic E-state index is -0.204. The third kappa shape index (κ3) is 7.49. The van der Waals surface area contributed by atoms with Gasteiger partial charge in [-0.05, 0) is 79.3 Å². The summed E-state index contributed by atoms with van der Waals surface area (Å²) >= 11 is 1.40. The number of nitrogens with one attached hydrogen (secondary N) is 3. The maximum Gasteiger partial charge on any atom is 0.221 e. The number of hydrogen-bond acceptors (Lipinski definition) is 7. The number of fused-ring (bicyclic) bond motifs is 1. The predicted octanol–water partition coefficient (Wildman–Crippen LogP) is 7.96. The summed E-state index contributed by atoms with van der Waals surface area (Å²) in [7, 11) is 3.81. The number of rotatable bonds is 15. The summed E-state index contributed by atoms with van der Waals surface area (Å²) in [5.41, 5.74) is 8.80. The quantitative estimate of drug-likeness (QED) is 0.0574. The summed E-state index contributed by atoms with van der Waals surface area (Å²) in [6, 6.07) is 25.5. The number of ether oxygens (including phenoxy) is 2. The van der Waals surface area contributed by atoms with Gasteiger partial charge in [0.2, 0.25) is 11.8 Å². The molecule has 2 unspecified atom stereocenters. The molecular formula is C40H46N8O2S. The van der Waals surface area contributed by atoms with E-state index in [0.717, 1.165) is 53.0 Å². The van der Waals surface area contributed by atoms with Crippen molar-refractivity contribution in [3.8, 4) is 23.0 Å². The van der Waals surface area contributed by atoms with Crippen molar-refractivity contribution in [3.05, 3.63) is 119 Å². The first kappa shape index (κ1) is 34.3. The van der Waals surface area contributed by atoms with E-state index in [0.29, 0.717) is 19.0 Å². The second kappa shape index (κ2) is 15.0. The molecule has 10 nitrogen and oxygen atoms in total. The summed E-state index contributed by atoms with van der Waals surface area (Å²) in [4.78, 5) is 15.9. The molecule has 3 N–H and O–H groups in total. The van der Waals surface area contributed by atoms with E-state index >= 15 is 0 Å². The highest BCUT2D eigenvalue weighted by molar-refractivity contribution is 7.96. The Balaban J connectivity index is 0.942. The van der Waals surface area contributed by atoms with Crippen LogP contribution in [0.3, 0.4) is 0 Å². The molecule has 0 radical (unpaired) electrons. The first-order valence-electron chi connectivity index (χ1n) is 17.7. The van der Waals surface area contributed by atoms with Crippen LogP contribution in [0.2, 0.25) is 0 Å². The second-order valence-electron chi connectivity index (χ2n) is 13.3. The van der Waals surface area contributed by atoms with Crippen LogP contribution in [-0.2, 0) is 19.6 Å². The SMILES string of the molecule is CCCCc1ccc(COc2ncccc2C2=CC2(C)C2Oc3cc(CN(C)c4cccc(-c5cn(SNC(=NC)NCC)[nH]5)n4)ccc32)cc1. The van der Waals surface area contributed by atoms with Crippen molar-refractivity contribution in [1.29, 1.82) is 0 Å². The van der Waals surface area contributed by atoms with Crippen molar-refractivity contribution < 1.29 is 9.47 Å². The van der Waals surface area contributed by atoms with Crippen LogP contribution in [0.4, 0.5) is 5.82 Å². The van der Waals surface area contributed by atoms with Crippen LogP contribution in [0.25, 0.3) is 17.0 Å². The van der Waals surface area contributed by atoms with Crippen molar-refractivity contribution >= 4 is 29.5 Å². The molecule has 2 aromatic carbocycles. The number of unbranched alkanes of at least 4 members (excludes halogenated alkanes) is 1. The Bertz CT molecular complexity index is 2020. The van der Waals surface area contributed by atoms with Crippen molar-refractivity contribution in [2.24, 2.45) is 10.4 Å². The Morgan fingerprint density at radius 3 is 2.65 bits per heavy atom. The van der Waals surface area contributed by atoms with E-state index in [1.807, 2.05) is 41.5 Å². The fourth-order valence-electron chi connectivity index (χ4n) is 6.43. The van der Waals surface area contributed by atoms with E-state index in [-0.39, 0.29) is 11.5 Å². The minimum Gasteiger partial charge on any atom is -0.484 e. The van der Waals surface area contributed by atoms with Gasteiger partial charge in [0.05, 0.1) is 35.1 Å².